The number of para-hydroxylation sites is 1. The first kappa shape index (κ1) is 26.0. The summed E-state index contributed by atoms with van der Waals surface area (Å²) in [4.78, 5) is 21.2. The van der Waals surface area contributed by atoms with Gasteiger partial charge in [-0.05, 0) is 84.1 Å². The highest BCUT2D eigenvalue weighted by Gasteiger charge is 2.41. The molecule has 3 aromatic rings. The van der Waals surface area contributed by atoms with Gasteiger partial charge in [-0.2, -0.15) is 0 Å². The van der Waals surface area contributed by atoms with Crippen molar-refractivity contribution in [2.75, 3.05) is 7.11 Å². The summed E-state index contributed by atoms with van der Waals surface area (Å²) in [6.07, 6.45) is 6.33. The predicted molar refractivity (Wildman–Crippen MR) is 151 cm³/mol. The summed E-state index contributed by atoms with van der Waals surface area (Å²) >= 11 is 1.42. The molecule has 0 unspecified atom stereocenters. The summed E-state index contributed by atoms with van der Waals surface area (Å²) in [7, 11) is 1.59. The molecule has 2 aliphatic rings. The van der Waals surface area contributed by atoms with Gasteiger partial charge < -0.3 is 9.47 Å². The Morgan fingerprint density at radius 1 is 1.03 bits per heavy atom. The molecule has 1 saturated heterocycles. The van der Waals surface area contributed by atoms with Crippen molar-refractivity contribution in [2.45, 2.75) is 45.3 Å². The molecule has 0 radical (unpaired) electrons. The Balaban J connectivity index is 1.40. The molecule has 7 heteroatoms. The number of halogens is 1. The molecule has 0 spiro atoms. The molecule has 3 aromatic carbocycles. The number of carbonyl (C=O) groups excluding carboxylic acids is 1. The normalized spacial score (nSPS) is 21.8. The van der Waals surface area contributed by atoms with Crippen LogP contribution in [0.4, 0.5) is 10.1 Å². The van der Waals surface area contributed by atoms with Crippen LogP contribution in [-0.4, -0.2) is 29.1 Å². The van der Waals surface area contributed by atoms with Gasteiger partial charge in [-0.1, -0.05) is 56.2 Å². The van der Waals surface area contributed by atoms with E-state index in [1.807, 2.05) is 59.5 Å². The number of benzene rings is 3. The molecule has 1 amide bonds. The van der Waals surface area contributed by atoms with Gasteiger partial charge in [0.2, 0.25) is 0 Å². The van der Waals surface area contributed by atoms with Gasteiger partial charge in [-0.3, -0.25) is 9.69 Å². The number of amidine groups is 1. The Kier molecular flexibility index (Phi) is 8.13. The third kappa shape index (κ3) is 5.94. The lowest BCUT2D eigenvalue weighted by atomic mass is 9.85. The molecular formula is C31H31FN2O3S. The number of hydrogen-bond acceptors (Lipinski definition) is 5. The first-order valence-corrected chi connectivity index (χ1v) is 13.8. The van der Waals surface area contributed by atoms with E-state index in [9.17, 15) is 9.18 Å². The standard InChI is InChI=1S/C31H31FN2O3S/c1-21-8-6-7-11-26(21)34-30(35)29(38-31(34)33-25-9-4-3-5-10-25)19-23-14-17-27(28(18-23)36-2)37-20-22-12-15-24(32)16-13-22/h3-5,9-10,12-19,21,26H,6-8,11,20H2,1-2H3/b29-19-,33-31?/t21-,26-/m0/s1. The summed E-state index contributed by atoms with van der Waals surface area (Å²) in [5, 5.41) is 0.734. The van der Waals surface area contributed by atoms with E-state index in [4.69, 9.17) is 14.5 Å². The molecular weight excluding hydrogens is 499 g/mol. The van der Waals surface area contributed by atoms with E-state index < -0.39 is 0 Å². The molecule has 0 N–H and O–H groups in total. The van der Waals surface area contributed by atoms with Crippen molar-refractivity contribution in [3.63, 3.8) is 0 Å². The second-order valence-electron chi connectivity index (χ2n) is 9.67. The SMILES string of the molecule is COc1cc(/C=C2\SC(=Nc3ccccc3)N([C@H]3CCCC[C@@H]3C)C2=O)ccc1OCc1ccc(F)cc1. The second-order valence-corrected chi connectivity index (χ2v) is 10.7. The number of hydrogen-bond donors (Lipinski definition) is 0. The van der Waals surface area contributed by atoms with Crippen LogP contribution < -0.4 is 9.47 Å². The van der Waals surface area contributed by atoms with Crippen molar-refractivity contribution in [3.8, 4) is 11.5 Å². The van der Waals surface area contributed by atoms with Crippen LogP contribution in [0.25, 0.3) is 6.08 Å². The summed E-state index contributed by atoms with van der Waals surface area (Å²) in [5.41, 5.74) is 2.53. The topological polar surface area (TPSA) is 51.1 Å². The lowest BCUT2D eigenvalue weighted by molar-refractivity contribution is -0.124. The van der Waals surface area contributed by atoms with Crippen molar-refractivity contribution in [3.05, 3.63) is 94.6 Å². The Labute approximate surface area is 227 Å². The van der Waals surface area contributed by atoms with Crippen LogP contribution in [0.3, 0.4) is 0 Å². The number of methoxy groups -OCH3 is 1. The van der Waals surface area contributed by atoms with E-state index in [2.05, 4.69) is 6.92 Å². The van der Waals surface area contributed by atoms with Crippen molar-refractivity contribution >= 4 is 34.6 Å². The average Bonchev–Trinajstić information content (AvgIpc) is 3.23. The fourth-order valence-electron chi connectivity index (χ4n) is 4.94. The molecule has 196 valence electrons. The van der Waals surface area contributed by atoms with Gasteiger partial charge >= 0.3 is 0 Å². The highest BCUT2D eigenvalue weighted by Crippen LogP contribution is 2.40. The number of rotatable bonds is 7. The minimum atomic E-state index is -0.281. The van der Waals surface area contributed by atoms with Crippen molar-refractivity contribution in [1.29, 1.82) is 0 Å². The lowest BCUT2D eigenvalue weighted by Gasteiger charge is -2.35. The van der Waals surface area contributed by atoms with Crippen molar-refractivity contribution in [1.82, 2.24) is 4.90 Å². The van der Waals surface area contributed by atoms with Gasteiger partial charge in [-0.15, -0.1) is 0 Å². The summed E-state index contributed by atoms with van der Waals surface area (Å²) in [6.45, 7) is 2.53. The quantitative estimate of drug-likeness (QED) is 0.295. The third-order valence-electron chi connectivity index (χ3n) is 7.01. The van der Waals surface area contributed by atoms with E-state index in [1.54, 1.807) is 19.2 Å². The second kappa shape index (κ2) is 11.9. The first-order chi connectivity index (χ1) is 18.5. The number of carbonyl (C=O) groups is 1. The molecule has 38 heavy (non-hydrogen) atoms. The number of aliphatic imine (C=N–C) groups is 1. The molecule has 2 atom stereocenters. The van der Waals surface area contributed by atoms with Crippen LogP contribution in [0.2, 0.25) is 0 Å². The fraction of sp³-hybridized carbons (Fsp3) is 0.290. The zero-order valence-corrected chi connectivity index (χ0v) is 22.4. The van der Waals surface area contributed by atoms with Gasteiger partial charge in [-0.25, -0.2) is 9.38 Å². The van der Waals surface area contributed by atoms with Gasteiger partial charge in [0.1, 0.15) is 12.4 Å². The predicted octanol–water partition coefficient (Wildman–Crippen LogP) is 7.60. The molecule has 1 aliphatic carbocycles. The van der Waals surface area contributed by atoms with Gasteiger partial charge in [0.15, 0.2) is 16.7 Å². The van der Waals surface area contributed by atoms with Crippen molar-refractivity contribution in [2.24, 2.45) is 10.9 Å². The van der Waals surface area contributed by atoms with Gasteiger partial charge in [0.25, 0.3) is 5.91 Å². The Morgan fingerprint density at radius 2 is 1.79 bits per heavy atom. The molecule has 5 nitrogen and oxygen atoms in total. The molecule has 0 bridgehead atoms. The number of ether oxygens (including phenoxy) is 2. The maximum Gasteiger partial charge on any atom is 0.267 e. The van der Waals surface area contributed by atoms with Crippen LogP contribution in [0.1, 0.15) is 43.7 Å². The zero-order valence-electron chi connectivity index (χ0n) is 21.6. The summed E-state index contributed by atoms with van der Waals surface area (Å²) in [6, 6.07) is 21.7. The molecule has 5 rings (SSSR count). The van der Waals surface area contributed by atoms with Crippen LogP contribution >= 0.6 is 11.8 Å². The summed E-state index contributed by atoms with van der Waals surface area (Å²) < 4.78 is 24.7. The van der Waals surface area contributed by atoms with E-state index in [1.165, 1.54) is 30.3 Å². The van der Waals surface area contributed by atoms with Gasteiger partial charge in [0, 0.05) is 6.04 Å². The molecule has 1 aliphatic heterocycles. The van der Waals surface area contributed by atoms with Crippen molar-refractivity contribution < 1.29 is 18.7 Å². The zero-order chi connectivity index (χ0) is 26.5. The van der Waals surface area contributed by atoms with E-state index >= 15 is 0 Å². The van der Waals surface area contributed by atoms with Crippen LogP contribution in [0.15, 0.2) is 82.7 Å². The monoisotopic (exact) mass is 530 g/mol. The number of thioether (sulfide) groups is 1. The van der Waals surface area contributed by atoms with Crippen LogP contribution in [-0.2, 0) is 11.4 Å². The fourth-order valence-corrected chi connectivity index (χ4v) is 5.98. The van der Waals surface area contributed by atoms with E-state index in [-0.39, 0.29) is 17.8 Å². The third-order valence-corrected chi connectivity index (χ3v) is 7.99. The lowest BCUT2D eigenvalue weighted by Crippen LogP contribution is -2.44. The van der Waals surface area contributed by atoms with E-state index in [0.717, 1.165) is 41.2 Å². The largest absolute Gasteiger partial charge is 0.493 e. The average molecular weight is 531 g/mol. The maximum atomic E-state index is 13.7. The Hall–Kier alpha value is -3.58. The minimum absolute atomic E-state index is 0.000894. The molecule has 1 saturated carbocycles. The highest BCUT2D eigenvalue weighted by molar-refractivity contribution is 8.18. The summed E-state index contributed by atoms with van der Waals surface area (Å²) in [5.74, 6) is 1.28. The van der Waals surface area contributed by atoms with E-state index in [0.29, 0.717) is 28.9 Å². The highest BCUT2D eigenvalue weighted by atomic mass is 32.2. The van der Waals surface area contributed by atoms with Crippen LogP contribution in [0, 0.1) is 11.7 Å². The molecule has 2 fully saturated rings. The number of nitrogens with zero attached hydrogens (tertiary/aromatic N) is 2. The smallest absolute Gasteiger partial charge is 0.267 e. The minimum Gasteiger partial charge on any atom is -0.493 e. The number of amides is 1. The first-order valence-electron chi connectivity index (χ1n) is 12.9. The molecule has 0 aromatic heterocycles. The maximum absolute atomic E-state index is 13.7. The Morgan fingerprint density at radius 3 is 2.53 bits per heavy atom. The Bertz CT molecular complexity index is 1340. The van der Waals surface area contributed by atoms with Gasteiger partial charge in [0.05, 0.1) is 17.7 Å². The van der Waals surface area contributed by atoms with Crippen LogP contribution in [0.5, 0.6) is 11.5 Å². The molecule has 1 heterocycles.